The molecule has 1 aliphatic heterocycles. The molecule has 0 unspecified atom stereocenters. The minimum atomic E-state index is -0.737. The molecule has 0 bridgehead atoms. The van der Waals surface area contributed by atoms with Crippen LogP contribution in [-0.4, -0.2) is 48.9 Å². The quantitative estimate of drug-likeness (QED) is 0.415. The van der Waals surface area contributed by atoms with E-state index in [0.717, 1.165) is 18.4 Å². The molecule has 1 fully saturated rings. The lowest BCUT2D eigenvalue weighted by atomic mass is 9.94. The zero-order valence-corrected chi connectivity index (χ0v) is 18.7. The van der Waals surface area contributed by atoms with Crippen molar-refractivity contribution in [2.24, 2.45) is 5.92 Å². The number of methoxy groups -OCH3 is 1. The van der Waals surface area contributed by atoms with Gasteiger partial charge in [0.15, 0.2) is 0 Å². The minimum absolute atomic E-state index is 0.0231. The van der Waals surface area contributed by atoms with Crippen molar-refractivity contribution >= 4 is 18.2 Å². The fraction of sp³-hybridized carbons (Fsp3) is 0.522. The Kier molecular flexibility index (Phi) is 8.90. The highest BCUT2D eigenvalue weighted by Crippen LogP contribution is 2.22. The van der Waals surface area contributed by atoms with E-state index >= 15 is 0 Å². The summed E-state index contributed by atoms with van der Waals surface area (Å²) in [4.78, 5) is 38.2. The summed E-state index contributed by atoms with van der Waals surface area (Å²) >= 11 is 0. The molecule has 170 valence electrons. The Morgan fingerprint density at radius 1 is 1.19 bits per heavy atom. The summed E-state index contributed by atoms with van der Waals surface area (Å²) in [5.74, 6) is -0.514. The molecule has 0 spiro atoms. The van der Waals surface area contributed by atoms with Gasteiger partial charge >= 0.3 is 18.2 Å². The third kappa shape index (κ3) is 8.70. The molecule has 1 aromatic carbocycles. The van der Waals surface area contributed by atoms with Gasteiger partial charge in [-0.1, -0.05) is 36.4 Å². The third-order valence-corrected chi connectivity index (χ3v) is 4.68. The van der Waals surface area contributed by atoms with Crippen LogP contribution in [0.15, 0.2) is 42.1 Å². The van der Waals surface area contributed by atoms with E-state index in [9.17, 15) is 14.4 Å². The fourth-order valence-electron chi connectivity index (χ4n) is 3.20. The number of esters is 1. The number of carbonyl (C=O) groups excluding carboxylic acids is 3. The van der Waals surface area contributed by atoms with Gasteiger partial charge in [0.2, 0.25) is 0 Å². The van der Waals surface area contributed by atoms with E-state index in [0.29, 0.717) is 19.5 Å². The summed E-state index contributed by atoms with van der Waals surface area (Å²) in [6.07, 6.45) is 2.80. The number of hydrogen-bond acceptors (Lipinski definition) is 6. The Balaban J connectivity index is 1.92. The smallest absolute Gasteiger partial charge is 0.412 e. The van der Waals surface area contributed by atoms with Crippen molar-refractivity contribution in [3.63, 3.8) is 0 Å². The first-order valence-corrected chi connectivity index (χ1v) is 10.4. The first-order valence-electron chi connectivity index (χ1n) is 10.4. The van der Waals surface area contributed by atoms with Crippen LogP contribution < -0.4 is 5.32 Å². The van der Waals surface area contributed by atoms with Crippen LogP contribution in [0.25, 0.3) is 0 Å². The number of benzene rings is 1. The molecule has 1 saturated heterocycles. The normalized spacial score (nSPS) is 17.0. The van der Waals surface area contributed by atoms with Gasteiger partial charge in [-0.3, -0.25) is 5.32 Å². The molecule has 1 aromatic rings. The van der Waals surface area contributed by atoms with Crippen LogP contribution in [0, 0.1) is 5.92 Å². The maximum atomic E-state index is 12.3. The molecule has 1 aliphatic rings. The van der Waals surface area contributed by atoms with Crippen molar-refractivity contribution in [3.8, 4) is 0 Å². The average Bonchev–Trinajstić information content (AvgIpc) is 2.74. The molecule has 1 N–H and O–H groups in total. The number of rotatable bonds is 6. The lowest BCUT2D eigenvalue weighted by Crippen LogP contribution is -2.42. The predicted octanol–water partition coefficient (Wildman–Crippen LogP) is 4.01. The van der Waals surface area contributed by atoms with E-state index in [2.05, 4.69) is 5.32 Å². The Morgan fingerprint density at radius 2 is 1.90 bits per heavy atom. The predicted molar refractivity (Wildman–Crippen MR) is 115 cm³/mol. The van der Waals surface area contributed by atoms with Gasteiger partial charge in [-0.2, -0.15) is 0 Å². The van der Waals surface area contributed by atoms with E-state index in [1.165, 1.54) is 7.11 Å². The van der Waals surface area contributed by atoms with Crippen LogP contribution in [0.2, 0.25) is 0 Å². The molecule has 2 rings (SSSR count). The zero-order chi connectivity index (χ0) is 22.9. The SMILES string of the molecule is COC(=O)C(=CC[C@H]1CCCN(C(=O)OC(C)(C)C)C1)NC(=O)OCc1ccccc1. The number of ether oxygens (including phenoxy) is 3. The van der Waals surface area contributed by atoms with Gasteiger partial charge in [0.1, 0.15) is 17.9 Å². The van der Waals surface area contributed by atoms with Gasteiger partial charge in [-0.05, 0) is 51.5 Å². The number of alkyl carbamates (subject to hydrolysis) is 1. The molecule has 31 heavy (non-hydrogen) atoms. The number of nitrogens with one attached hydrogen (secondary N) is 1. The Morgan fingerprint density at radius 3 is 2.55 bits per heavy atom. The molecule has 0 radical (unpaired) electrons. The van der Waals surface area contributed by atoms with Crippen molar-refractivity contribution in [2.75, 3.05) is 20.2 Å². The summed E-state index contributed by atoms with van der Waals surface area (Å²) in [7, 11) is 1.25. The van der Waals surface area contributed by atoms with Crippen molar-refractivity contribution in [1.29, 1.82) is 0 Å². The van der Waals surface area contributed by atoms with Crippen LogP contribution in [0.4, 0.5) is 9.59 Å². The van der Waals surface area contributed by atoms with E-state index in [1.807, 2.05) is 51.1 Å². The molecule has 2 amide bonds. The molecule has 1 atom stereocenters. The summed E-state index contributed by atoms with van der Waals surface area (Å²) in [6.45, 7) is 6.76. The highest BCUT2D eigenvalue weighted by Gasteiger charge is 2.27. The van der Waals surface area contributed by atoms with Gasteiger partial charge in [0.25, 0.3) is 0 Å². The van der Waals surface area contributed by atoms with Crippen molar-refractivity contribution in [1.82, 2.24) is 10.2 Å². The highest BCUT2D eigenvalue weighted by atomic mass is 16.6. The largest absolute Gasteiger partial charge is 0.464 e. The molecular weight excluding hydrogens is 400 g/mol. The van der Waals surface area contributed by atoms with Gasteiger partial charge in [-0.15, -0.1) is 0 Å². The summed E-state index contributed by atoms with van der Waals surface area (Å²) in [5.41, 5.74) is 0.312. The highest BCUT2D eigenvalue weighted by molar-refractivity contribution is 5.92. The van der Waals surface area contributed by atoms with Gasteiger partial charge < -0.3 is 19.1 Å². The van der Waals surface area contributed by atoms with E-state index in [-0.39, 0.29) is 24.3 Å². The number of amides is 2. The molecular formula is C23H32N2O6. The first-order chi connectivity index (χ1) is 14.7. The van der Waals surface area contributed by atoms with Crippen LogP contribution in [-0.2, 0) is 25.6 Å². The number of carbonyl (C=O) groups is 3. The number of likely N-dealkylation sites (tertiary alicyclic amines) is 1. The molecule has 0 saturated carbocycles. The standard InChI is InChI=1S/C23H32N2O6/c1-23(2,3)31-22(28)25-14-8-11-17(15-25)12-13-19(20(26)29-4)24-21(27)30-16-18-9-6-5-7-10-18/h5-7,9-10,13,17H,8,11-12,14-16H2,1-4H3,(H,24,27)/t17-/m1/s1. The third-order valence-electron chi connectivity index (χ3n) is 4.68. The molecule has 8 nitrogen and oxygen atoms in total. The van der Waals surface area contributed by atoms with Gasteiger partial charge in [0.05, 0.1) is 7.11 Å². The molecule has 8 heteroatoms. The number of allylic oxidation sites excluding steroid dienone is 1. The molecule has 1 heterocycles. The van der Waals surface area contributed by atoms with Crippen LogP contribution in [0.1, 0.15) is 45.6 Å². The van der Waals surface area contributed by atoms with E-state index < -0.39 is 17.7 Å². The minimum Gasteiger partial charge on any atom is -0.464 e. The summed E-state index contributed by atoms with van der Waals surface area (Å²) < 4.78 is 15.4. The lowest BCUT2D eigenvalue weighted by Gasteiger charge is -2.33. The Hall–Kier alpha value is -3.03. The van der Waals surface area contributed by atoms with Crippen LogP contribution >= 0.6 is 0 Å². The van der Waals surface area contributed by atoms with Crippen LogP contribution in [0.3, 0.4) is 0 Å². The number of nitrogens with zero attached hydrogens (tertiary/aromatic N) is 1. The number of hydrogen-bond donors (Lipinski definition) is 1. The second-order valence-electron chi connectivity index (χ2n) is 8.47. The Labute approximate surface area is 183 Å². The lowest BCUT2D eigenvalue weighted by molar-refractivity contribution is -0.136. The zero-order valence-electron chi connectivity index (χ0n) is 18.7. The van der Waals surface area contributed by atoms with Gasteiger partial charge in [-0.25, -0.2) is 14.4 Å². The van der Waals surface area contributed by atoms with E-state index in [4.69, 9.17) is 14.2 Å². The molecule has 0 aliphatic carbocycles. The van der Waals surface area contributed by atoms with Crippen molar-refractivity contribution in [3.05, 3.63) is 47.7 Å². The molecule has 0 aromatic heterocycles. The van der Waals surface area contributed by atoms with E-state index in [1.54, 1.807) is 11.0 Å². The number of piperidine rings is 1. The maximum absolute atomic E-state index is 12.3. The van der Waals surface area contributed by atoms with Gasteiger partial charge in [0, 0.05) is 13.1 Å². The Bertz CT molecular complexity index is 785. The maximum Gasteiger partial charge on any atom is 0.412 e. The topological polar surface area (TPSA) is 94.2 Å². The fourth-order valence-corrected chi connectivity index (χ4v) is 3.20. The average molecular weight is 433 g/mol. The second-order valence-corrected chi connectivity index (χ2v) is 8.47. The van der Waals surface area contributed by atoms with Crippen molar-refractivity contribution < 1.29 is 28.6 Å². The summed E-state index contributed by atoms with van der Waals surface area (Å²) in [6, 6.07) is 9.24. The monoisotopic (exact) mass is 432 g/mol. The summed E-state index contributed by atoms with van der Waals surface area (Å²) in [5, 5.41) is 2.46. The van der Waals surface area contributed by atoms with Crippen molar-refractivity contribution in [2.45, 2.75) is 52.2 Å². The van der Waals surface area contributed by atoms with Crippen LogP contribution in [0.5, 0.6) is 0 Å². The first kappa shape index (κ1) is 24.2. The second kappa shape index (κ2) is 11.4.